The number of hydrogen-bond acceptors (Lipinski definition) is 2. The van der Waals surface area contributed by atoms with Gasteiger partial charge in [0.2, 0.25) is 0 Å². The molecule has 86 valence electrons. The predicted octanol–water partition coefficient (Wildman–Crippen LogP) is 3.00. The molecule has 2 nitrogen and oxygen atoms in total. The second-order valence-corrected chi connectivity index (χ2v) is 5.10. The van der Waals surface area contributed by atoms with E-state index in [0.717, 1.165) is 42.2 Å². The number of hydrogen-bond donors (Lipinski definition) is 1. The van der Waals surface area contributed by atoms with E-state index in [9.17, 15) is 0 Å². The molecule has 0 spiro atoms. The molecule has 1 aromatic carbocycles. The van der Waals surface area contributed by atoms with Crippen LogP contribution in [0.3, 0.4) is 0 Å². The summed E-state index contributed by atoms with van der Waals surface area (Å²) in [6.45, 7) is 0.789. The summed E-state index contributed by atoms with van der Waals surface area (Å²) < 4.78 is 5.74. The fourth-order valence-corrected chi connectivity index (χ4v) is 3.23. The Labute approximate surface area is 101 Å². The summed E-state index contributed by atoms with van der Waals surface area (Å²) in [6, 6.07) is 2.13. The van der Waals surface area contributed by atoms with Gasteiger partial charge < -0.3 is 10.5 Å². The Kier molecular flexibility index (Phi) is 2.56. The lowest BCUT2D eigenvalue weighted by Crippen LogP contribution is -2.11. The van der Waals surface area contributed by atoms with Crippen molar-refractivity contribution < 1.29 is 4.74 Å². The van der Waals surface area contributed by atoms with Crippen LogP contribution >= 0.6 is 11.6 Å². The topological polar surface area (TPSA) is 35.2 Å². The minimum absolute atomic E-state index is 0.0829. The first-order valence-electron chi connectivity index (χ1n) is 6.00. The molecule has 0 aromatic heterocycles. The highest BCUT2D eigenvalue weighted by molar-refractivity contribution is 6.31. The molecule has 0 saturated carbocycles. The number of halogens is 1. The third-order valence-corrected chi connectivity index (χ3v) is 3.94. The van der Waals surface area contributed by atoms with Gasteiger partial charge in [0, 0.05) is 23.0 Å². The van der Waals surface area contributed by atoms with Crippen LogP contribution in [0.1, 0.15) is 42.0 Å². The maximum Gasteiger partial charge on any atom is 0.126 e. The highest BCUT2D eigenvalue weighted by Gasteiger charge is 2.26. The van der Waals surface area contributed by atoms with E-state index in [-0.39, 0.29) is 6.04 Å². The number of ether oxygens (including phenoxy) is 1. The molecule has 1 unspecified atom stereocenters. The summed E-state index contributed by atoms with van der Waals surface area (Å²) in [5, 5.41) is 0.841. The maximum absolute atomic E-state index is 6.36. The van der Waals surface area contributed by atoms with E-state index in [1.165, 1.54) is 24.0 Å². The van der Waals surface area contributed by atoms with Crippen LogP contribution in [-0.2, 0) is 12.8 Å². The van der Waals surface area contributed by atoms with Crippen molar-refractivity contribution in [3.8, 4) is 5.75 Å². The molecule has 3 heteroatoms. The van der Waals surface area contributed by atoms with E-state index < -0.39 is 0 Å². The van der Waals surface area contributed by atoms with Crippen LogP contribution in [0.2, 0.25) is 5.02 Å². The largest absolute Gasteiger partial charge is 0.493 e. The normalized spacial score (nSPS) is 23.2. The monoisotopic (exact) mass is 237 g/mol. The Bertz CT molecular complexity index is 430. The third-order valence-electron chi connectivity index (χ3n) is 3.63. The molecule has 0 fully saturated rings. The number of fused-ring (bicyclic) bond motifs is 3. The lowest BCUT2D eigenvalue weighted by atomic mass is 9.95. The molecule has 0 radical (unpaired) electrons. The van der Waals surface area contributed by atoms with E-state index in [2.05, 4.69) is 0 Å². The zero-order valence-electron chi connectivity index (χ0n) is 9.26. The molecule has 16 heavy (non-hydrogen) atoms. The van der Waals surface area contributed by atoms with E-state index in [0.29, 0.717) is 0 Å². The molecule has 2 N–H and O–H groups in total. The minimum atomic E-state index is 0.0829. The van der Waals surface area contributed by atoms with Crippen molar-refractivity contribution in [2.45, 2.75) is 38.1 Å². The van der Waals surface area contributed by atoms with Gasteiger partial charge >= 0.3 is 0 Å². The van der Waals surface area contributed by atoms with Crippen LogP contribution in [0.4, 0.5) is 0 Å². The Morgan fingerprint density at radius 2 is 2.19 bits per heavy atom. The van der Waals surface area contributed by atoms with Crippen molar-refractivity contribution in [3.05, 3.63) is 27.8 Å². The van der Waals surface area contributed by atoms with Crippen LogP contribution in [0, 0.1) is 0 Å². The first-order chi connectivity index (χ1) is 7.77. The van der Waals surface area contributed by atoms with Gasteiger partial charge in [-0.1, -0.05) is 18.0 Å². The summed E-state index contributed by atoms with van der Waals surface area (Å²) in [5.74, 6) is 1.08. The van der Waals surface area contributed by atoms with Crippen LogP contribution in [0.5, 0.6) is 5.75 Å². The fraction of sp³-hybridized carbons (Fsp3) is 0.538. The number of benzene rings is 1. The van der Waals surface area contributed by atoms with Crippen molar-refractivity contribution >= 4 is 11.6 Å². The lowest BCUT2D eigenvalue weighted by Gasteiger charge is -2.17. The summed E-state index contributed by atoms with van der Waals surface area (Å²) in [5.41, 5.74) is 9.88. The molecule has 2 aliphatic rings. The first-order valence-corrected chi connectivity index (χ1v) is 6.37. The number of nitrogens with two attached hydrogens (primary N) is 1. The summed E-state index contributed by atoms with van der Waals surface area (Å²) in [6.07, 6.45) is 5.45. The molecule has 1 atom stereocenters. The van der Waals surface area contributed by atoms with Gasteiger partial charge in [0.05, 0.1) is 6.61 Å². The average Bonchev–Trinajstić information content (AvgIpc) is 2.62. The zero-order valence-corrected chi connectivity index (χ0v) is 10.0. The van der Waals surface area contributed by atoms with Gasteiger partial charge in [-0.05, 0) is 36.5 Å². The molecular weight excluding hydrogens is 222 g/mol. The highest BCUT2D eigenvalue weighted by atomic mass is 35.5. The summed E-state index contributed by atoms with van der Waals surface area (Å²) in [4.78, 5) is 0. The highest BCUT2D eigenvalue weighted by Crippen LogP contribution is 2.42. The standard InChI is InChI=1S/C13H16ClNO/c14-10-7-8-5-6-16-13(8)9-3-1-2-4-11(15)12(9)10/h7,11H,1-6,15H2. The second-order valence-electron chi connectivity index (χ2n) is 4.69. The van der Waals surface area contributed by atoms with Crippen molar-refractivity contribution in [1.82, 2.24) is 0 Å². The van der Waals surface area contributed by atoms with E-state index in [1.54, 1.807) is 0 Å². The van der Waals surface area contributed by atoms with Crippen molar-refractivity contribution in [3.63, 3.8) is 0 Å². The summed E-state index contributed by atoms with van der Waals surface area (Å²) in [7, 11) is 0. The third kappa shape index (κ3) is 1.52. The van der Waals surface area contributed by atoms with Gasteiger partial charge in [-0.2, -0.15) is 0 Å². The van der Waals surface area contributed by atoms with Crippen LogP contribution in [0.25, 0.3) is 0 Å². The molecular formula is C13H16ClNO. The molecule has 1 aromatic rings. The molecule has 0 amide bonds. The minimum Gasteiger partial charge on any atom is -0.493 e. The molecule has 0 saturated heterocycles. The van der Waals surface area contributed by atoms with Crippen LogP contribution in [-0.4, -0.2) is 6.61 Å². The van der Waals surface area contributed by atoms with Crippen molar-refractivity contribution in [2.24, 2.45) is 5.73 Å². The maximum atomic E-state index is 6.36. The van der Waals surface area contributed by atoms with Gasteiger partial charge in [0.1, 0.15) is 5.75 Å². The molecule has 1 aliphatic heterocycles. The Hall–Kier alpha value is -0.730. The predicted molar refractivity (Wildman–Crippen MR) is 65.1 cm³/mol. The fourth-order valence-electron chi connectivity index (χ4n) is 2.84. The molecule has 1 aliphatic carbocycles. The number of rotatable bonds is 0. The molecule has 0 bridgehead atoms. The average molecular weight is 238 g/mol. The van der Waals surface area contributed by atoms with Crippen LogP contribution < -0.4 is 10.5 Å². The van der Waals surface area contributed by atoms with E-state index in [4.69, 9.17) is 22.1 Å². The van der Waals surface area contributed by atoms with Gasteiger partial charge in [-0.15, -0.1) is 0 Å². The van der Waals surface area contributed by atoms with Crippen molar-refractivity contribution in [1.29, 1.82) is 0 Å². The van der Waals surface area contributed by atoms with E-state index in [1.807, 2.05) is 6.07 Å². The summed E-state index contributed by atoms with van der Waals surface area (Å²) >= 11 is 6.36. The lowest BCUT2D eigenvalue weighted by molar-refractivity contribution is 0.353. The molecule has 3 rings (SSSR count). The zero-order chi connectivity index (χ0) is 11.1. The Morgan fingerprint density at radius 1 is 1.31 bits per heavy atom. The SMILES string of the molecule is NC1CCCCc2c3c(cc(Cl)c21)CCO3. The molecule has 1 heterocycles. The van der Waals surface area contributed by atoms with Gasteiger partial charge in [-0.3, -0.25) is 0 Å². The van der Waals surface area contributed by atoms with Gasteiger partial charge in [0.25, 0.3) is 0 Å². The van der Waals surface area contributed by atoms with Crippen molar-refractivity contribution in [2.75, 3.05) is 6.61 Å². The smallest absolute Gasteiger partial charge is 0.126 e. The quantitative estimate of drug-likeness (QED) is 0.704. The van der Waals surface area contributed by atoms with Crippen LogP contribution in [0.15, 0.2) is 6.07 Å². The van der Waals surface area contributed by atoms with E-state index >= 15 is 0 Å². The van der Waals surface area contributed by atoms with Gasteiger partial charge in [-0.25, -0.2) is 0 Å². The van der Waals surface area contributed by atoms with Gasteiger partial charge in [0.15, 0.2) is 0 Å². The Morgan fingerprint density at radius 3 is 3.06 bits per heavy atom. The first kappa shape index (κ1) is 10.4. The Balaban J connectivity index is 2.21. The second kappa shape index (κ2) is 3.94.